The molecule has 0 saturated heterocycles. The third-order valence-corrected chi connectivity index (χ3v) is 4.23. The lowest BCUT2D eigenvalue weighted by Crippen LogP contribution is -2.41. The van der Waals surface area contributed by atoms with Gasteiger partial charge in [-0.3, -0.25) is 4.79 Å². The van der Waals surface area contributed by atoms with Crippen molar-refractivity contribution in [3.8, 4) is 0 Å². The molecule has 2 aromatic rings. The first kappa shape index (κ1) is 13.2. The first-order valence-electron chi connectivity index (χ1n) is 6.71. The average molecular weight is 291 g/mol. The number of carbonyl (C=O) groups excluding carboxylic acids is 1. The number of thiazole rings is 1. The molecule has 20 heavy (non-hydrogen) atoms. The summed E-state index contributed by atoms with van der Waals surface area (Å²) in [5.41, 5.74) is 2.19. The van der Waals surface area contributed by atoms with Crippen molar-refractivity contribution in [3.05, 3.63) is 28.2 Å². The molecule has 7 heteroatoms. The fourth-order valence-corrected chi connectivity index (χ4v) is 3.10. The van der Waals surface area contributed by atoms with Gasteiger partial charge in [0.15, 0.2) is 5.82 Å². The number of nitrogens with zero attached hydrogens (tertiary/aromatic N) is 5. The molecule has 0 N–H and O–H groups in total. The van der Waals surface area contributed by atoms with Crippen molar-refractivity contribution < 1.29 is 4.79 Å². The van der Waals surface area contributed by atoms with Crippen molar-refractivity contribution >= 4 is 17.2 Å². The average Bonchev–Trinajstić information content (AvgIpc) is 3.08. The highest BCUT2D eigenvalue weighted by Gasteiger charge is 2.32. The highest BCUT2D eigenvalue weighted by molar-refractivity contribution is 7.07. The van der Waals surface area contributed by atoms with Crippen LogP contribution in [0.5, 0.6) is 0 Å². The predicted molar refractivity (Wildman–Crippen MR) is 75.7 cm³/mol. The van der Waals surface area contributed by atoms with Gasteiger partial charge in [-0.25, -0.2) is 4.98 Å². The van der Waals surface area contributed by atoms with Crippen molar-refractivity contribution in [1.29, 1.82) is 0 Å². The molecule has 1 atom stereocenters. The number of aromatic nitrogens is 4. The fraction of sp³-hybridized carbons (Fsp3) is 0.538. The second-order valence-corrected chi connectivity index (χ2v) is 5.99. The van der Waals surface area contributed by atoms with E-state index in [-0.39, 0.29) is 11.9 Å². The van der Waals surface area contributed by atoms with E-state index in [0.29, 0.717) is 18.2 Å². The van der Waals surface area contributed by atoms with E-state index >= 15 is 0 Å². The Morgan fingerprint density at radius 1 is 1.40 bits per heavy atom. The molecule has 106 valence electrons. The van der Waals surface area contributed by atoms with Gasteiger partial charge in [-0.15, -0.1) is 21.5 Å². The number of fused-ring (bicyclic) bond motifs is 1. The molecule has 1 amide bonds. The molecule has 0 aliphatic carbocycles. The zero-order chi connectivity index (χ0) is 14.3. The second kappa shape index (κ2) is 4.97. The lowest BCUT2D eigenvalue weighted by atomic mass is 10.1. The van der Waals surface area contributed by atoms with Gasteiger partial charge in [0.05, 0.1) is 11.6 Å². The molecule has 6 nitrogen and oxygen atoms in total. The van der Waals surface area contributed by atoms with Gasteiger partial charge >= 0.3 is 0 Å². The quantitative estimate of drug-likeness (QED) is 0.849. The van der Waals surface area contributed by atoms with Gasteiger partial charge in [0.1, 0.15) is 11.5 Å². The summed E-state index contributed by atoms with van der Waals surface area (Å²) in [6, 6.07) is -0.0713. The summed E-state index contributed by atoms with van der Waals surface area (Å²) in [4.78, 5) is 18.4. The maximum Gasteiger partial charge on any atom is 0.273 e. The monoisotopic (exact) mass is 291 g/mol. The molecule has 1 aliphatic heterocycles. The molecule has 0 spiro atoms. The van der Waals surface area contributed by atoms with E-state index < -0.39 is 0 Å². The van der Waals surface area contributed by atoms with Crippen LogP contribution in [-0.2, 0) is 6.54 Å². The summed E-state index contributed by atoms with van der Waals surface area (Å²) < 4.78 is 2.14. The van der Waals surface area contributed by atoms with Crippen LogP contribution in [0.1, 0.15) is 54.9 Å². The van der Waals surface area contributed by atoms with Crippen LogP contribution in [0, 0.1) is 0 Å². The van der Waals surface area contributed by atoms with Crippen LogP contribution in [0.3, 0.4) is 0 Å². The van der Waals surface area contributed by atoms with E-state index in [1.807, 2.05) is 11.8 Å². The van der Waals surface area contributed by atoms with Crippen molar-refractivity contribution in [1.82, 2.24) is 24.6 Å². The van der Waals surface area contributed by atoms with E-state index in [1.165, 1.54) is 11.3 Å². The molecule has 0 saturated carbocycles. The molecular formula is C13H17N5OS. The number of hydrogen-bond donors (Lipinski definition) is 0. The van der Waals surface area contributed by atoms with Gasteiger partial charge in [-0.2, -0.15) is 0 Å². The van der Waals surface area contributed by atoms with E-state index in [1.54, 1.807) is 10.9 Å². The Hall–Kier alpha value is -1.76. The Morgan fingerprint density at radius 2 is 2.20 bits per heavy atom. The van der Waals surface area contributed by atoms with Crippen LogP contribution >= 0.6 is 11.3 Å². The summed E-state index contributed by atoms with van der Waals surface area (Å²) in [6.07, 6.45) is 0. The largest absolute Gasteiger partial charge is 0.326 e. The van der Waals surface area contributed by atoms with E-state index in [2.05, 4.69) is 33.6 Å². The summed E-state index contributed by atoms with van der Waals surface area (Å²) in [5.74, 6) is 2.17. The van der Waals surface area contributed by atoms with Gasteiger partial charge in [0.25, 0.3) is 5.91 Å². The zero-order valence-corrected chi connectivity index (χ0v) is 12.6. The van der Waals surface area contributed by atoms with E-state index in [9.17, 15) is 4.79 Å². The van der Waals surface area contributed by atoms with Gasteiger partial charge < -0.3 is 9.47 Å². The van der Waals surface area contributed by atoms with Crippen LogP contribution < -0.4 is 0 Å². The second-order valence-electron chi connectivity index (χ2n) is 5.27. The Bertz CT molecular complexity index is 619. The van der Waals surface area contributed by atoms with Crippen LogP contribution in [0.2, 0.25) is 0 Å². The van der Waals surface area contributed by atoms with Crippen LogP contribution in [0.25, 0.3) is 0 Å². The van der Waals surface area contributed by atoms with Crippen LogP contribution in [-0.4, -0.2) is 37.1 Å². The van der Waals surface area contributed by atoms with Crippen LogP contribution in [0.15, 0.2) is 10.9 Å². The topological polar surface area (TPSA) is 63.9 Å². The van der Waals surface area contributed by atoms with Gasteiger partial charge in [0.2, 0.25) is 0 Å². The molecule has 0 radical (unpaired) electrons. The third kappa shape index (κ3) is 2.02. The summed E-state index contributed by atoms with van der Waals surface area (Å²) in [5, 5.41) is 10.3. The first-order chi connectivity index (χ1) is 9.59. The first-order valence-corrected chi connectivity index (χ1v) is 7.66. The highest BCUT2D eigenvalue weighted by Crippen LogP contribution is 2.27. The molecule has 3 heterocycles. The molecule has 2 aromatic heterocycles. The smallest absolute Gasteiger partial charge is 0.273 e. The highest BCUT2D eigenvalue weighted by atomic mass is 32.1. The van der Waals surface area contributed by atoms with Crippen molar-refractivity contribution in [2.75, 3.05) is 6.54 Å². The summed E-state index contributed by atoms with van der Waals surface area (Å²) in [7, 11) is 0. The van der Waals surface area contributed by atoms with Crippen molar-refractivity contribution in [3.63, 3.8) is 0 Å². The molecule has 0 bridgehead atoms. The minimum Gasteiger partial charge on any atom is -0.326 e. The predicted octanol–water partition coefficient (Wildman–Crippen LogP) is 2.08. The maximum atomic E-state index is 12.4. The van der Waals surface area contributed by atoms with Gasteiger partial charge in [0, 0.05) is 24.4 Å². The maximum absolute atomic E-state index is 12.4. The lowest BCUT2D eigenvalue weighted by Gasteiger charge is -2.33. The number of hydrogen-bond acceptors (Lipinski definition) is 5. The van der Waals surface area contributed by atoms with Gasteiger partial charge in [-0.05, 0) is 6.92 Å². The minimum absolute atomic E-state index is 0.0286. The van der Waals surface area contributed by atoms with Crippen molar-refractivity contribution in [2.24, 2.45) is 0 Å². The van der Waals surface area contributed by atoms with Crippen molar-refractivity contribution in [2.45, 2.75) is 39.3 Å². The molecule has 1 aliphatic rings. The minimum atomic E-state index is -0.0713. The Kier molecular flexibility index (Phi) is 3.29. The van der Waals surface area contributed by atoms with E-state index in [0.717, 1.165) is 18.2 Å². The van der Waals surface area contributed by atoms with Gasteiger partial charge in [-0.1, -0.05) is 13.8 Å². The molecular weight excluding hydrogens is 274 g/mol. The van der Waals surface area contributed by atoms with E-state index in [4.69, 9.17) is 0 Å². The number of amides is 1. The molecule has 0 unspecified atom stereocenters. The summed E-state index contributed by atoms with van der Waals surface area (Å²) in [6.45, 7) is 7.62. The fourth-order valence-electron chi connectivity index (χ4n) is 2.58. The molecule has 0 aromatic carbocycles. The molecule has 3 rings (SSSR count). The number of carbonyl (C=O) groups is 1. The zero-order valence-electron chi connectivity index (χ0n) is 11.8. The molecule has 0 fully saturated rings. The van der Waals surface area contributed by atoms with Crippen LogP contribution in [0.4, 0.5) is 0 Å². The Labute approximate surface area is 121 Å². The Balaban J connectivity index is 1.90. The Morgan fingerprint density at radius 3 is 2.85 bits per heavy atom. The third-order valence-electron chi connectivity index (χ3n) is 3.64. The standard InChI is InChI=1S/C13H17N5OS/c1-8(2)11-15-16-12-9(3)17(4-5-18(11)12)13(19)10-6-20-7-14-10/h6-9H,4-5H2,1-3H3/t9-/m0/s1. The SMILES string of the molecule is CC(C)c1nnc2n1CCN(C(=O)c1cscn1)[C@H]2C. The normalized spacial score (nSPS) is 18.4. The lowest BCUT2D eigenvalue weighted by molar-refractivity contribution is 0.0630. The number of rotatable bonds is 2. The summed E-state index contributed by atoms with van der Waals surface area (Å²) >= 11 is 1.43.